The molecule has 1 saturated heterocycles. The Hall–Kier alpha value is -1.32. The number of rotatable bonds is 4. The van der Waals surface area contributed by atoms with E-state index in [1.807, 2.05) is 0 Å². The molecule has 114 valence electrons. The molecule has 0 aromatic carbocycles. The van der Waals surface area contributed by atoms with Crippen LogP contribution in [0, 0.1) is 5.92 Å². The summed E-state index contributed by atoms with van der Waals surface area (Å²) in [5, 5.41) is 4.90. The average Bonchev–Trinajstić information content (AvgIpc) is 2.45. The maximum Gasteiger partial charge on any atom is 0.292 e. The highest BCUT2D eigenvalue weighted by atomic mass is 32.2. The Morgan fingerprint density at radius 2 is 2.30 bits per heavy atom. The lowest BCUT2D eigenvalue weighted by molar-refractivity contribution is -0.134. The summed E-state index contributed by atoms with van der Waals surface area (Å²) in [6.07, 6.45) is 3.00. The van der Waals surface area contributed by atoms with Gasteiger partial charge >= 0.3 is 0 Å². The van der Waals surface area contributed by atoms with Gasteiger partial charge in [-0.15, -0.1) is 0 Å². The van der Waals surface area contributed by atoms with Crippen molar-refractivity contribution in [1.82, 2.24) is 9.62 Å². The Kier molecular flexibility index (Phi) is 4.84. The molecule has 20 heavy (non-hydrogen) atoms. The summed E-state index contributed by atoms with van der Waals surface area (Å²) in [6, 6.07) is 0. The molecule has 1 amide bonds. The summed E-state index contributed by atoms with van der Waals surface area (Å²) in [7, 11) is -3.69. The number of piperidine rings is 1. The summed E-state index contributed by atoms with van der Waals surface area (Å²) in [5.74, 6) is 0.0393. The van der Waals surface area contributed by atoms with Crippen molar-refractivity contribution in [3.05, 3.63) is 12.0 Å². The molecule has 2 heterocycles. The predicted molar refractivity (Wildman–Crippen MR) is 70.4 cm³/mol. The smallest absolute Gasteiger partial charge is 0.292 e. The van der Waals surface area contributed by atoms with Crippen LogP contribution in [-0.4, -0.2) is 52.1 Å². The second kappa shape index (κ2) is 6.42. The molecule has 0 aromatic rings. The molecule has 2 rings (SSSR count). The van der Waals surface area contributed by atoms with Gasteiger partial charge in [0.1, 0.15) is 19.5 Å². The Bertz CT molecular complexity index is 490. The third kappa shape index (κ3) is 4.36. The Morgan fingerprint density at radius 3 is 2.95 bits per heavy atom. The zero-order valence-electron chi connectivity index (χ0n) is 11.1. The lowest BCUT2D eigenvalue weighted by atomic mass is 9.98. The van der Waals surface area contributed by atoms with E-state index in [1.54, 1.807) is 4.90 Å². The monoisotopic (exact) mass is 305 g/mol. The molecule has 1 unspecified atom stereocenters. The van der Waals surface area contributed by atoms with Gasteiger partial charge in [0.05, 0.1) is 0 Å². The maximum absolute atomic E-state index is 12.2. The van der Waals surface area contributed by atoms with Crippen LogP contribution in [0.25, 0.3) is 0 Å². The summed E-state index contributed by atoms with van der Waals surface area (Å²) in [4.78, 5) is 13.8. The van der Waals surface area contributed by atoms with E-state index in [9.17, 15) is 13.2 Å². The fourth-order valence-electron chi connectivity index (χ4n) is 2.29. The minimum absolute atomic E-state index is 0.0520. The fourth-order valence-corrected chi connectivity index (χ4v) is 2.75. The second-order valence-corrected chi connectivity index (χ2v) is 6.23. The third-order valence-corrected chi connectivity index (χ3v) is 3.81. The third-order valence-electron chi connectivity index (χ3n) is 3.24. The summed E-state index contributed by atoms with van der Waals surface area (Å²) in [6.45, 7) is 2.14. The van der Waals surface area contributed by atoms with Gasteiger partial charge in [-0.05, 0) is 18.8 Å². The summed E-state index contributed by atoms with van der Waals surface area (Å²) in [5.41, 5.74) is 0. The minimum atomic E-state index is -3.69. The molecule has 2 aliphatic heterocycles. The van der Waals surface area contributed by atoms with Crippen LogP contribution in [0.4, 0.5) is 0 Å². The van der Waals surface area contributed by atoms with Crippen molar-refractivity contribution in [3.63, 3.8) is 0 Å². The SMILES string of the molecule is NS(=O)(=O)NCC1CCCN(C(=O)C2=COCCO2)C1. The minimum Gasteiger partial charge on any atom is -0.494 e. The standard InChI is InChI=1S/C11H19N3O5S/c12-20(16,17)13-6-9-2-1-3-14(7-9)11(15)10-8-18-4-5-19-10/h8-9,13H,1-7H2,(H2,12,16,17). The second-order valence-electron chi connectivity index (χ2n) is 4.85. The van der Waals surface area contributed by atoms with Crippen molar-refractivity contribution in [1.29, 1.82) is 0 Å². The van der Waals surface area contributed by atoms with Crippen LogP contribution in [0.5, 0.6) is 0 Å². The van der Waals surface area contributed by atoms with Gasteiger partial charge < -0.3 is 14.4 Å². The molecule has 1 atom stereocenters. The Labute approximate surface area is 118 Å². The van der Waals surface area contributed by atoms with Gasteiger partial charge in [0.2, 0.25) is 5.76 Å². The summed E-state index contributed by atoms with van der Waals surface area (Å²) < 4.78 is 34.4. The van der Waals surface area contributed by atoms with Gasteiger partial charge in [0, 0.05) is 19.6 Å². The number of nitrogens with one attached hydrogen (secondary N) is 1. The highest BCUT2D eigenvalue weighted by molar-refractivity contribution is 7.87. The molecule has 8 nitrogen and oxygen atoms in total. The van der Waals surface area contributed by atoms with Crippen molar-refractivity contribution in [3.8, 4) is 0 Å². The fraction of sp³-hybridized carbons (Fsp3) is 0.727. The number of nitrogens with two attached hydrogens (primary N) is 1. The zero-order valence-corrected chi connectivity index (χ0v) is 11.9. The van der Waals surface area contributed by atoms with E-state index in [0.29, 0.717) is 26.3 Å². The molecule has 0 bridgehead atoms. The van der Waals surface area contributed by atoms with Crippen molar-refractivity contribution < 1.29 is 22.7 Å². The molecule has 3 N–H and O–H groups in total. The van der Waals surface area contributed by atoms with E-state index in [0.717, 1.165) is 12.8 Å². The number of likely N-dealkylation sites (tertiary alicyclic amines) is 1. The van der Waals surface area contributed by atoms with Crippen LogP contribution in [-0.2, 0) is 24.5 Å². The zero-order chi connectivity index (χ0) is 14.6. The van der Waals surface area contributed by atoms with Crippen LogP contribution >= 0.6 is 0 Å². The lowest BCUT2D eigenvalue weighted by Gasteiger charge is -2.33. The molecule has 2 aliphatic rings. The van der Waals surface area contributed by atoms with E-state index in [2.05, 4.69) is 4.72 Å². The van der Waals surface area contributed by atoms with E-state index in [4.69, 9.17) is 14.6 Å². The van der Waals surface area contributed by atoms with Crippen LogP contribution in [0.1, 0.15) is 12.8 Å². The first-order valence-corrected chi connectivity index (χ1v) is 8.01. The quantitative estimate of drug-likeness (QED) is 0.685. The molecule has 0 saturated carbocycles. The number of ether oxygens (including phenoxy) is 2. The highest BCUT2D eigenvalue weighted by Crippen LogP contribution is 2.19. The Balaban J connectivity index is 1.89. The number of carbonyl (C=O) groups excluding carboxylic acids is 1. The van der Waals surface area contributed by atoms with Gasteiger partial charge in [-0.3, -0.25) is 4.79 Å². The predicted octanol–water partition coefficient (Wildman–Crippen LogP) is -1.09. The van der Waals surface area contributed by atoms with Crippen LogP contribution in [0.15, 0.2) is 12.0 Å². The van der Waals surface area contributed by atoms with Gasteiger partial charge in [0.25, 0.3) is 16.1 Å². The van der Waals surface area contributed by atoms with E-state index in [-0.39, 0.29) is 24.1 Å². The molecule has 0 aliphatic carbocycles. The first-order chi connectivity index (χ1) is 9.46. The average molecular weight is 305 g/mol. The highest BCUT2D eigenvalue weighted by Gasteiger charge is 2.28. The molecule has 9 heteroatoms. The molecule has 0 radical (unpaired) electrons. The molecule has 0 aromatic heterocycles. The van der Waals surface area contributed by atoms with Crippen LogP contribution in [0.3, 0.4) is 0 Å². The molecule has 1 fully saturated rings. The van der Waals surface area contributed by atoms with Crippen molar-refractivity contribution in [2.24, 2.45) is 11.1 Å². The van der Waals surface area contributed by atoms with Gasteiger partial charge in [-0.2, -0.15) is 8.42 Å². The van der Waals surface area contributed by atoms with E-state index < -0.39 is 10.2 Å². The summed E-state index contributed by atoms with van der Waals surface area (Å²) >= 11 is 0. The van der Waals surface area contributed by atoms with Crippen molar-refractivity contribution in [2.75, 3.05) is 32.8 Å². The molecular formula is C11H19N3O5S. The first-order valence-electron chi connectivity index (χ1n) is 6.47. The van der Waals surface area contributed by atoms with Crippen molar-refractivity contribution >= 4 is 16.1 Å². The first kappa shape index (κ1) is 15.1. The van der Waals surface area contributed by atoms with Crippen LogP contribution in [0.2, 0.25) is 0 Å². The van der Waals surface area contributed by atoms with E-state index >= 15 is 0 Å². The number of carbonyl (C=O) groups is 1. The van der Waals surface area contributed by atoms with Crippen molar-refractivity contribution in [2.45, 2.75) is 12.8 Å². The van der Waals surface area contributed by atoms with Gasteiger partial charge in [-0.1, -0.05) is 0 Å². The normalized spacial score (nSPS) is 23.6. The topological polar surface area (TPSA) is 111 Å². The van der Waals surface area contributed by atoms with Gasteiger partial charge in [0.15, 0.2) is 0 Å². The molecule has 0 spiro atoms. The number of hydrogen-bond acceptors (Lipinski definition) is 5. The van der Waals surface area contributed by atoms with E-state index in [1.165, 1.54) is 6.26 Å². The Morgan fingerprint density at radius 1 is 1.50 bits per heavy atom. The molecular weight excluding hydrogens is 286 g/mol. The lowest BCUT2D eigenvalue weighted by Crippen LogP contribution is -2.45. The maximum atomic E-state index is 12.2. The van der Waals surface area contributed by atoms with Gasteiger partial charge in [-0.25, -0.2) is 9.86 Å². The largest absolute Gasteiger partial charge is 0.494 e. The van der Waals surface area contributed by atoms with Crippen LogP contribution < -0.4 is 9.86 Å². The number of nitrogens with zero attached hydrogens (tertiary/aromatic N) is 1. The number of amides is 1. The number of hydrogen-bond donors (Lipinski definition) is 2.